The zero-order valence-electron chi connectivity index (χ0n) is 16.3. The molecule has 0 saturated heterocycles. The standard InChI is InChI=1S/C23H22O5/c1-25-20-8-18(9-21(12-20)26-2)16-5-15(14-24)6-17(7-16)19-10-22(27-3)13-23(11-19)28-4/h5-14H,1-4H3. The summed E-state index contributed by atoms with van der Waals surface area (Å²) in [5.74, 6) is 2.71. The molecule has 0 bridgehead atoms. The van der Waals surface area contributed by atoms with Crippen LogP contribution in [0.15, 0.2) is 54.6 Å². The summed E-state index contributed by atoms with van der Waals surface area (Å²) in [6, 6.07) is 16.9. The summed E-state index contributed by atoms with van der Waals surface area (Å²) in [7, 11) is 6.42. The van der Waals surface area contributed by atoms with E-state index >= 15 is 0 Å². The predicted octanol–water partition coefficient (Wildman–Crippen LogP) is 4.87. The van der Waals surface area contributed by atoms with E-state index in [9.17, 15) is 4.79 Å². The van der Waals surface area contributed by atoms with Gasteiger partial charge in [0.2, 0.25) is 0 Å². The maximum atomic E-state index is 11.6. The number of carbonyl (C=O) groups is 1. The van der Waals surface area contributed by atoms with E-state index in [1.54, 1.807) is 40.6 Å². The van der Waals surface area contributed by atoms with Crippen molar-refractivity contribution in [3.63, 3.8) is 0 Å². The molecule has 0 N–H and O–H groups in total. The van der Waals surface area contributed by atoms with Crippen LogP contribution in [0.1, 0.15) is 10.4 Å². The lowest BCUT2D eigenvalue weighted by Crippen LogP contribution is -1.92. The van der Waals surface area contributed by atoms with E-state index in [0.717, 1.165) is 28.5 Å². The number of rotatable bonds is 7. The van der Waals surface area contributed by atoms with Crippen LogP contribution in [0.4, 0.5) is 0 Å². The van der Waals surface area contributed by atoms with Crippen LogP contribution in [0, 0.1) is 0 Å². The van der Waals surface area contributed by atoms with Gasteiger partial charge in [-0.1, -0.05) is 0 Å². The van der Waals surface area contributed by atoms with Crippen LogP contribution < -0.4 is 18.9 Å². The Bertz CT molecular complexity index is 876. The van der Waals surface area contributed by atoms with E-state index < -0.39 is 0 Å². The topological polar surface area (TPSA) is 54.0 Å². The van der Waals surface area contributed by atoms with Crippen molar-refractivity contribution < 1.29 is 23.7 Å². The minimum Gasteiger partial charge on any atom is -0.497 e. The molecule has 144 valence electrons. The lowest BCUT2D eigenvalue weighted by atomic mass is 9.96. The van der Waals surface area contributed by atoms with Crippen LogP contribution in [0.3, 0.4) is 0 Å². The van der Waals surface area contributed by atoms with Gasteiger partial charge in [-0.05, 0) is 64.7 Å². The highest BCUT2D eigenvalue weighted by Gasteiger charge is 2.10. The highest BCUT2D eigenvalue weighted by molar-refractivity contribution is 5.85. The van der Waals surface area contributed by atoms with Gasteiger partial charge in [0.25, 0.3) is 0 Å². The Balaban J connectivity index is 2.18. The van der Waals surface area contributed by atoms with E-state index in [0.29, 0.717) is 28.6 Å². The Hall–Kier alpha value is -3.47. The van der Waals surface area contributed by atoms with Crippen molar-refractivity contribution >= 4 is 6.29 Å². The van der Waals surface area contributed by atoms with E-state index in [1.165, 1.54) is 0 Å². The van der Waals surface area contributed by atoms with Crippen molar-refractivity contribution in [1.29, 1.82) is 0 Å². The van der Waals surface area contributed by atoms with Crippen LogP contribution in [-0.4, -0.2) is 34.7 Å². The lowest BCUT2D eigenvalue weighted by Gasteiger charge is -2.13. The van der Waals surface area contributed by atoms with Crippen molar-refractivity contribution in [2.75, 3.05) is 28.4 Å². The Labute approximate surface area is 164 Å². The Morgan fingerprint density at radius 1 is 0.500 bits per heavy atom. The molecule has 0 saturated carbocycles. The fraction of sp³-hybridized carbons (Fsp3) is 0.174. The first-order chi connectivity index (χ1) is 13.6. The molecule has 0 heterocycles. The molecule has 3 aromatic carbocycles. The van der Waals surface area contributed by atoms with Crippen molar-refractivity contribution in [3.8, 4) is 45.3 Å². The number of benzene rings is 3. The van der Waals surface area contributed by atoms with Crippen molar-refractivity contribution in [3.05, 3.63) is 60.2 Å². The van der Waals surface area contributed by atoms with Crippen LogP contribution in [0.2, 0.25) is 0 Å². The molecule has 0 aliphatic carbocycles. The quantitative estimate of drug-likeness (QED) is 0.549. The maximum absolute atomic E-state index is 11.6. The Kier molecular flexibility index (Phi) is 5.84. The van der Waals surface area contributed by atoms with Gasteiger partial charge in [0.05, 0.1) is 28.4 Å². The average molecular weight is 378 g/mol. The third kappa shape index (κ3) is 4.09. The lowest BCUT2D eigenvalue weighted by molar-refractivity contribution is 0.112. The third-order valence-electron chi connectivity index (χ3n) is 4.46. The summed E-state index contributed by atoms with van der Waals surface area (Å²) in [5, 5.41) is 0. The van der Waals surface area contributed by atoms with E-state index in [4.69, 9.17) is 18.9 Å². The van der Waals surface area contributed by atoms with Gasteiger partial charge in [-0.15, -0.1) is 0 Å². The second-order valence-corrected chi connectivity index (χ2v) is 6.16. The molecule has 0 fully saturated rings. The summed E-state index contributed by atoms with van der Waals surface area (Å²) in [4.78, 5) is 11.6. The fourth-order valence-electron chi connectivity index (χ4n) is 3.00. The van der Waals surface area contributed by atoms with Gasteiger partial charge in [-0.25, -0.2) is 0 Å². The average Bonchev–Trinajstić information content (AvgIpc) is 2.77. The number of carbonyl (C=O) groups excluding carboxylic acids is 1. The first-order valence-corrected chi connectivity index (χ1v) is 8.67. The molecule has 5 heteroatoms. The Morgan fingerprint density at radius 2 is 0.821 bits per heavy atom. The molecule has 0 aliphatic heterocycles. The summed E-state index contributed by atoms with van der Waals surface area (Å²) in [6.07, 6.45) is 0.835. The minimum atomic E-state index is 0.566. The molecule has 3 aromatic rings. The van der Waals surface area contributed by atoms with Crippen LogP contribution in [0.25, 0.3) is 22.3 Å². The van der Waals surface area contributed by atoms with Crippen molar-refractivity contribution in [2.45, 2.75) is 0 Å². The molecule has 0 radical (unpaired) electrons. The van der Waals surface area contributed by atoms with Crippen LogP contribution >= 0.6 is 0 Å². The zero-order valence-corrected chi connectivity index (χ0v) is 16.3. The molecular weight excluding hydrogens is 356 g/mol. The summed E-state index contributed by atoms with van der Waals surface area (Å²) < 4.78 is 21.5. The minimum absolute atomic E-state index is 0.566. The number of ether oxygens (including phenoxy) is 4. The van der Waals surface area contributed by atoms with Gasteiger partial charge in [0.1, 0.15) is 29.3 Å². The first kappa shape index (κ1) is 19.3. The summed E-state index contributed by atoms with van der Waals surface area (Å²) in [5.41, 5.74) is 4.08. The molecule has 28 heavy (non-hydrogen) atoms. The molecule has 0 amide bonds. The largest absolute Gasteiger partial charge is 0.497 e. The zero-order chi connectivity index (χ0) is 20.1. The summed E-state index contributed by atoms with van der Waals surface area (Å²) in [6.45, 7) is 0. The normalized spacial score (nSPS) is 10.3. The molecule has 0 aliphatic rings. The third-order valence-corrected chi connectivity index (χ3v) is 4.46. The first-order valence-electron chi connectivity index (χ1n) is 8.67. The van der Waals surface area contributed by atoms with Crippen LogP contribution in [-0.2, 0) is 0 Å². The monoisotopic (exact) mass is 378 g/mol. The highest BCUT2D eigenvalue weighted by atomic mass is 16.5. The van der Waals surface area contributed by atoms with Crippen molar-refractivity contribution in [2.24, 2.45) is 0 Å². The van der Waals surface area contributed by atoms with E-state index in [-0.39, 0.29) is 0 Å². The van der Waals surface area contributed by atoms with Gasteiger partial charge < -0.3 is 18.9 Å². The maximum Gasteiger partial charge on any atom is 0.150 e. The number of aldehydes is 1. The second-order valence-electron chi connectivity index (χ2n) is 6.16. The van der Waals surface area contributed by atoms with Gasteiger partial charge >= 0.3 is 0 Å². The van der Waals surface area contributed by atoms with Gasteiger partial charge in [-0.3, -0.25) is 4.79 Å². The van der Waals surface area contributed by atoms with E-state index in [2.05, 4.69) is 0 Å². The highest BCUT2D eigenvalue weighted by Crippen LogP contribution is 2.35. The number of hydrogen-bond donors (Lipinski definition) is 0. The molecule has 0 spiro atoms. The van der Waals surface area contributed by atoms with Gasteiger partial charge in [0.15, 0.2) is 0 Å². The molecule has 0 unspecified atom stereocenters. The smallest absolute Gasteiger partial charge is 0.150 e. The number of hydrogen-bond acceptors (Lipinski definition) is 5. The fourth-order valence-corrected chi connectivity index (χ4v) is 3.00. The molecular formula is C23H22O5. The van der Waals surface area contributed by atoms with E-state index in [1.807, 2.05) is 42.5 Å². The van der Waals surface area contributed by atoms with Gasteiger partial charge in [0, 0.05) is 17.7 Å². The molecule has 0 aromatic heterocycles. The predicted molar refractivity (Wildman–Crippen MR) is 109 cm³/mol. The van der Waals surface area contributed by atoms with Gasteiger partial charge in [-0.2, -0.15) is 0 Å². The molecule has 3 rings (SSSR count). The van der Waals surface area contributed by atoms with Crippen LogP contribution in [0.5, 0.6) is 23.0 Å². The molecule has 0 atom stereocenters. The Morgan fingerprint density at radius 3 is 1.11 bits per heavy atom. The number of methoxy groups -OCH3 is 4. The SMILES string of the molecule is COc1cc(OC)cc(-c2cc(C=O)cc(-c3cc(OC)cc(OC)c3)c2)c1. The second kappa shape index (κ2) is 8.48. The molecule has 5 nitrogen and oxygen atoms in total. The summed E-state index contributed by atoms with van der Waals surface area (Å²) >= 11 is 0. The van der Waals surface area contributed by atoms with Crippen molar-refractivity contribution in [1.82, 2.24) is 0 Å².